The van der Waals surface area contributed by atoms with Crippen LogP contribution in [0.5, 0.6) is 0 Å². The molecule has 0 saturated heterocycles. The van der Waals surface area contributed by atoms with Gasteiger partial charge >= 0.3 is 5.97 Å². The highest BCUT2D eigenvalue weighted by Gasteiger charge is 2.24. The summed E-state index contributed by atoms with van der Waals surface area (Å²) < 4.78 is 19.5. The molecule has 0 saturated carbocycles. The van der Waals surface area contributed by atoms with Crippen molar-refractivity contribution in [2.75, 3.05) is 0 Å². The van der Waals surface area contributed by atoms with Crippen molar-refractivity contribution in [3.8, 4) is 0 Å². The van der Waals surface area contributed by atoms with Gasteiger partial charge in [0.1, 0.15) is 5.82 Å². The lowest BCUT2D eigenvalue weighted by molar-refractivity contribution is -0.129. The Morgan fingerprint density at radius 1 is 1.14 bits per heavy atom. The summed E-state index contributed by atoms with van der Waals surface area (Å²) >= 11 is 3.18. The zero-order chi connectivity index (χ0) is 14.8. The Hall–Kier alpha value is -2.27. The first kappa shape index (κ1) is 13.7. The standard InChI is InChI=1S/C16H9BrFNO2/c17-12-7-6-11(13(18)9-12)8-14-16(20)21-15(19-14)10-4-2-1-3-5-10/h1-9H/b14-8-. The van der Waals surface area contributed by atoms with E-state index in [0.717, 1.165) is 0 Å². The fraction of sp³-hybridized carbons (Fsp3) is 0. The first-order valence-electron chi connectivity index (χ1n) is 6.16. The van der Waals surface area contributed by atoms with E-state index in [1.807, 2.05) is 18.2 Å². The molecule has 21 heavy (non-hydrogen) atoms. The molecule has 0 aromatic heterocycles. The van der Waals surface area contributed by atoms with E-state index in [9.17, 15) is 9.18 Å². The third-order valence-electron chi connectivity index (χ3n) is 2.90. The van der Waals surface area contributed by atoms with Crippen LogP contribution in [0.4, 0.5) is 4.39 Å². The third-order valence-corrected chi connectivity index (χ3v) is 3.39. The van der Waals surface area contributed by atoms with Gasteiger partial charge in [-0.25, -0.2) is 14.2 Å². The van der Waals surface area contributed by atoms with Crippen molar-refractivity contribution < 1.29 is 13.9 Å². The molecule has 0 atom stereocenters. The third kappa shape index (κ3) is 2.92. The van der Waals surface area contributed by atoms with Crippen molar-refractivity contribution in [3.63, 3.8) is 0 Å². The predicted molar refractivity (Wildman–Crippen MR) is 81.1 cm³/mol. The lowest BCUT2D eigenvalue weighted by Gasteiger charge is -1.98. The van der Waals surface area contributed by atoms with Crippen LogP contribution in [0.1, 0.15) is 11.1 Å². The maximum absolute atomic E-state index is 13.8. The predicted octanol–water partition coefficient (Wildman–Crippen LogP) is 3.93. The van der Waals surface area contributed by atoms with Gasteiger partial charge in [0.15, 0.2) is 5.70 Å². The van der Waals surface area contributed by atoms with Crippen molar-refractivity contribution in [2.45, 2.75) is 0 Å². The Balaban J connectivity index is 1.97. The van der Waals surface area contributed by atoms with E-state index in [0.29, 0.717) is 10.0 Å². The summed E-state index contributed by atoms with van der Waals surface area (Å²) in [5.41, 5.74) is 1.06. The number of hydrogen-bond donors (Lipinski definition) is 0. The number of carbonyl (C=O) groups excluding carboxylic acids is 1. The van der Waals surface area contributed by atoms with Crippen LogP contribution in [0.15, 0.2) is 63.7 Å². The average Bonchev–Trinajstić information content (AvgIpc) is 2.84. The number of cyclic esters (lactones) is 1. The zero-order valence-electron chi connectivity index (χ0n) is 10.7. The molecule has 0 unspecified atom stereocenters. The van der Waals surface area contributed by atoms with Crippen molar-refractivity contribution >= 4 is 33.9 Å². The largest absolute Gasteiger partial charge is 0.402 e. The van der Waals surface area contributed by atoms with E-state index in [4.69, 9.17) is 4.74 Å². The van der Waals surface area contributed by atoms with Crippen molar-refractivity contribution in [1.29, 1.82) is 0 Å². The minimum absolute atomic E-state index is 0.0788. The van der Waals surface area contributed by atoms with Crippen LogP contribution < -0.4 is 0 Å². The van der Waals surface area contributed by atoms with Crippen molar-refractivity contribution in [3.05, 3.63) is 75.6 Å². The smallest absolute Gasteiger partial charge is 0.363 e. The normalized spacial score (nSPS) is 16.0. The molecule has 5 heteroatoms. The lowest BCUT2D eigenvalue weighted by atomic mass is 10.2. The molecule has 0 radical (unpaired) electrons. The summed E-state index contributed by atoms with van der Waals surface area (Å²) in [6, 6.07) is 13.7. The molecular weight excluding hydrogens is 337 g/mol. The molecule has 0 N–H and O–H groups in total. The number of aliphatic imine (C=N–C) groups is 1. The summed E-state index contributed by atoms with van der Waals surface area (Å²) in [7, 11) is 0. The molecule has 0 spiro atoms. The quantitative estimate of drug-likeness (QED) is 0.610. The van der Waals surface area contributed by atoms with E-state index in [2.05, 4.69) is 20.9 Å². The van der Waals surface area contributed by atoms with Gasteiger partial charge in [-0.05, 0) is 30.3 Å². The Bertz CT molecular complexity index is 769. The van der Waals surface area contributed by atoms with Crippen LogP contribution in [0.3, 0.4) is 0 Å². The van der Waals surface area contributed by atoms with Crippen molar-refractivity contribution in [1.82, 2.24) is 0 Å². The number of rotatable bonds is 2. The minimum atomic E-state index is -0.587. The second-order valence-corrected chi connectivity index (χ2v) is 5.28. The molecule has 1 aliphatic heterocycles. The van der Waals surface area contributed by atoms with E-state index < -0.39 is 11.8 Å². The van der Waals surface area contributed by atoms with Gasteiger partial charge in [0, 0.05) is 15.6 Å². The van der Waals surface area contributed by atoms with Gasteiger partial charge in [-0.2, -0.15) is 0 Å². The Morgan fingerprint density at radius 3 is 2.62 bits per heavy atom. The molecule has 0 amide bonds. The molecule has 3 rings (SSSR count). The van der Waals surface area contributed by atoms with Crippen LogP contribution in [0, 0.1) is 5.82 Å². The van der Waals surface area contributed by atoms with Crippen LogP contribution in [-0.2, 0) is 9.53 Å². The highest BCUT2D eigenvalue weighted by atomic mass is 79.9. The number of halogens is 2. The number of ether oxygens (including phenoxy) is 1. The van der Waals surface area contributed by atoms with E-state index in [1.54, 1.807) is 24.3 Å². The summed E-state index contributed by atoms with van der Waals surface area (Å²) in [6.07, 6.45) is 1.38. The van der Waals surface area contributed by atoms with Crippen LogP contribution in [-0.4, -0.2) is 11.9 Å². The van der Waals surface area contributed by atoms with Crippen LogP contribution in [0.2, 0.25) is 0 Å². The van der Waals surface area contributed by atoms with Gasteiger partial charge in [0.05, 0.1) is 0 Å². The lowest BCUT2D eigenvalue weighted by Crippen LogP contribution is -2.05. The number of carbonyl (C=O) groups is 1. The SMILES string of the molecule is O=C1OC(c2ccccc2)=N/C1=C\c1ccc(Br)cc1F. The molecule has 3 nitrogen and oxygen atoms in total. The topological polar surface area (TPSA) is 38.7 Å². The maximum atomic E-state index is 13.8. The molecule has 1 heterocycles. The Kier molecular flexibility index (Phi) is 3.66. The molecule has 0 aliphatic carbocycles. The van der Waals surface area contributed by atoms with Gasteiger partial charge in [-0.3, -0.25) is 0 Å². The minimum Gasteiger partial charge on any atom is -0.402 e. The number of benzene rings is 2. The van der Waals surface area contributed by atoms with Crippen LogP contribution >= 0.6 is 15.9 Å². The molecule has 1 aliphatic rings. The highest BCUT2D eigenvalue weighted by Crippen LogP contribution is 2.22. The second-order valence-electron chi connectivity index (χ2n) is 4.37. The fourth-order valence-electron chi connectivity index (χ4n) is 1.88. The van der Waals surface area contributed by atoms with Gasteiger partial charge in [-0.1, -0.05) is 40.2 Å². The first-order chi connectivity index (χ1) is 10.1. The molecule has 2 aromatic carbocycles. The van der Waals surface area contributed by atoms with Gasteiger partial charge in [0.25, 0.3) is 0 Å². The monoisotopic (exact) mass is 345 g/mol. The van der Waals surface area contributed by atoms with Crippen LogP contribution in [0.25, 0.3) is 6.08 Å². The molecule has 2 aromatic rings. The number of esters is 1. The summed E-state index contributed by atoms with van der Waals surface area (Å²) in [5.74, 6) is -0.798. The summed E-state index contributed by atoms with van der Waals surface area (Å²) in [6.45, 7) is 0. The summed E-state index contributed by atoms with van der Waals surface area (Å²) in [4.78, 5) is 15.9. The Morgan fingerprint density at radius 2 is 1.90 bits per heavy atom. The molecule has 0 fully saturated rings. The van der Waals surface area contributed by atoms with Crippen molar-refractivity contribution in [2.24, 2.45) is 4.99 Å². The Labute approximate surface area is 128 Å². The second kappa shape index (κ2) is 5.61. The van der Waals surface area contributed by atoms with Gasteiger partial charge < -0.3 is 4.74 Å². The number of nitrogens with zero attached hydrogens (tertiary/aromatic N) is 1. The first-order valence-corrected chi connectivity index (χ1v) is 6.96. The fourth-order valence-corrected chi connectivity index (χ4v) is 2.21. The zero-order valence-corrected chi connectivity index (χ0v) is 12.3. The van der Waals surface area contributed by atoms with E-state index in [1.165, 1.54) is 12.1 Å². The van der Waals surface area contributed by atoms with E-state index in [-0.39, 0.29) is 17.2 Å². The highest BCUT2D eigenvalue weighted by molar-refractivity contribution is 9.10. The number of hydrogen-bond acceptors (Lipinski definition) is 3. The molecular formula is C16H9BrFNO2. The summed E-state index contributed by atoms with van der Waals surface area (Å²) in [5, 5.41) is 0. The van der Waals surface area contributed by atoms with Gasteiger partial charge in [0.2, 0.25) is 5.90 Å². The van der Waals surface area contributed by atoms with Gasteiger partial charge in [-0.15, -0.1) is 0 Å². The average molecular weight is 346 g/mol. The molecule has 104 valence electrons. The van der Waals surface area contributed by atoms with E-state index >= 15 is 0 Å². The maximum Gasteiger partial charge on any atom is 0.363 e. The molecule has 0 bridgehead atoms.